The van der Waals surface area contributed by atoms with Crippen LogP contribution in [0, 0.1) is 12.7 Å². The predicted molar refractivity (Wildman–Crippen MR) is 73.5 cm³/mol. The van der Waals surface area contributed by atoms with Crippen LogP contribution in [0.2, 0.25) is 0 Å². The van der Waals surface area contributed by atoms with Crippen LogP contribution in [0.3, 0.4) is 0 Å². The van der Waals surface area contributed by atoms with Gasteiger partial charge in [0.2, 0.25) is 5.91 Å². The van der Waals surface area contributed by atoms with Crippen LogP contribution in [0.15, 0.2) is 18.2 Å². The third-order valence-electron chi connectivity index (χ3n) is 3.61. The Morgan fingerprint density at radius 2 is 2.11 bits per heavy atom. The Kier molecular flexibility index (Phi) is 4.91. The molecule has 1 aromatic rings. The highest BCUT2D eigenvalue weighted by atomic mass is 19.1. The third-order valence-corrected chi connectivity index (χ3v) is 3.61. The Morgan fingerprint density at radius 1 is 1.37 bits per heavy atom. The van der Waals surface area contributed by atoms with Crippen molar-refractivity contribution in [3.05, 3.63) is 35.1 Å². The normalized spacial score (nSPS) is 14.9. The molecule has 1 amide bonds. The number of nitrogens with zero attached hydrogens (tertiary/aromatic N) is 1. The van der Waals surface area contributed by atoms with E-state index in [4.69, 9.17) is 0 Å². The van der Waals surface area contributed by atoms with Crippen molar-refractivity contribution in [3.8, 4) is 0 Å². The van der Waals surface area contributed by atoms with Gasteiger partial charge in [-0.05, 0) is 56.0 Å². The molecule has 0 aromatic heterocycles. The van der Waals surface area contributed by atoms with E-state index in [0.717, 1.165) is 50.0 Å². The van der Waals surface area contributed by atoms with Crippen molar-refractivity contribution in [2.45, 2.75) is 26.2 Å². The zero-order valence-corrected chi connectivity index (χ0v) is 11.4. The van der Waals surface area contributed by atoms with Gasteiger partial charge < -0.3 is 10.2 Å². The lowest BCUT2D eigenvalue weighted by Gasteiger charge is -2.15. The molecule has 104 valence electrons. The average molecular weight is 264 g/mol. The predicted octanol–water partition coefficient (Wildman–Crippen LogP) is 1.89. The minimum atomic E-state index is -0.196. The first-order chi connectivity index (χ1) is 9.16. The van der Waals surface area contributed by atoms with Gasteiger partial charge in [0, 0.05) is 13.1 Å². The molecule has 1 heterocycles. The highest BCUT2D eigenvalue weighted by Gasteiger charge is 2.16. The van der Waals surface area contributed by atoms with Crippen molar-refractivity contribution in [3.63, 3.8) is 0 Å². The summed E-state index contributed by atoms with van der Waals surface area (Å²) in [5.41, 5.74) is 2.09. The zero-order valence-electron chi connectivity index (χ0n) is 11.4. The summed E-state index contributed by atoms with van der Waals surface area (Å²) in [5.74, 6) is -0.00764. The van der Waals surface area contributed by atoms with Crippen molar-refractivity contribution >= 4 is 5.91 Å². The quantitative estimate of drug-likeness (QED) is 0.824. The van der Waals surface area contributed by atoms with E-state index < -0.39 is 0 Å². The molecular weight excluding hydrogens is 243 g/mol. The molecule has 1 N–H and O–H groups in total. The van der Waals surface area contributed by atoms with Gasteiger partial charge in [-0.25, -0.2) is 4.39 Å². The number of nitrogens with one attached hydrogen (secondary N) is 1. The van der Waals surface area contributed by atoms with Crippen LogP contribution < -0.4 is 5.32 Å². The average Bonchev–Trinajstić information content (AvgIpc) is 2.90. The maximum atomic E-state index is 12.9. The fraction of sp³-hybridized carbons (Fsp3) is 0.533. The molecule has 19 heavy (non-hydrogen) atoms. The summed E-state index contributed by atoms with van der Waals surface area (Å²) in [7, 11) is 0. The van der Waals surface area contributed by atoms with Gasteiger partial charge in [-0.15, -0.1) is 0 Å². The van der Waals surface area contributed by atoms with Crippen LogP contribution in [0.25, 0.3) is 0 Å². The van der Waals surface area contributed by atoms with Crippen LogP contribution in [0.1, 0.15) is 24.0 Å². The molecule has 2 rings (SSSR count). The van der Waals surface area contributed by atoms with E-state index in [2.05, 4.69) is 5.32 Å². The van der Waals surface area contributed by atoms with E-state index in [0.29, 0.717) is 6.54 Å². The van der Waals surface area contributed by atoms with Crippen LogP contribution in [0.5, 0.6) is 0 Å². The Labute approximate surface area is 113 Å². The SMILES string of the molecule is Cc1cc(F)ccc1CCNCC(=O)N1CCCC1. The fourth-order valence-electron chi connectivity index (χ4n) is 2.44. The molecule has 1 fully saturated rings. The topological polar surface area (TPSA) is 32.3 Å². The van der Waals surface area contributed by atoms with Gasteiger partial charge in [-0.2, -0.15) is 0 Å². The second-order valence-corrected chi connectivity index (χ2v) is 5.09. The van der Waals surface area contributed by atoms with Crippen molar-refractivity contribution < 1.29 is 9.18 Å². The third kappa shape index (κ3) is 4.03. The summed E-state index contributed by atoms with van der Waals surface area (Å²) in [6.07, 6.45) is 3.07. The first-order valence-corrected chi connectivity index (χ1v) is 6.90. The summed E-state index contributed by atoms with van der Waals surface area (Å²) >= 11 is 0. The number of benzene rings is 1. The molecular formula is C15H21FN2O. The first kappa shape index (κ1) is 14.0. The number of halogens is 1. The largest absolute Gasteiger partial charge is 0.342 e. The maximum Gasteiger partial charge on any atom is 0.236 e. The minimum absolute atomic E-state index is 0.188. The van der Waals surface area contributed by atoms with Crippen molar-refractivity contribution in [1.29, 1.82) is 0 Å². The van der Waals surface area contributed by atoms with Gasteiger partial charge in [0.1, 0.15) is 5.82 Å². The number of hydrogen-bond donors (Lipinski definition) is 1. The highest BCUT2D eigenvalue weighted by Crippen LogP contribution is 2.10. The van der Waals surface area contributed by atoms with E-state index in [-0.39, 0.29) is 11.7 Å². The smallest absolute Gasteiger partial charge is 0.236 e. The molecule has 0 unspecified atom stereocenters. The number of amides is 1. The molecule has 1 saturated heterocycles. The Morgan fingerprint density at radius 3 is 2.79 bits per heavy atom. The van der Waals surface area contributed by atoms with Crippen molar-refractivity contribution in [1.82, 2.24) is 10.2 Å². The van der Waals surface area contributed by atoms with Gasteiger partial charge in [-0.1, -0.05) is 6.07 Å². The second-order valence-electron chi connectivity index (χ2n) is 5.09. The first-order valence-electron chi connectivity index (χ1n) is 6.90. The fourth-order valence-corrected chi connectivity index (χ4v) is 2.44. The van der Waals surface area contributed by atoms with Gasteiger partial charge in [0.25, 0.3) is 0 Å². The lowest BCUT2D eigenvalue weighted by atomic mass is 10.1. The van der Waals surface area contributed by atoms with E-state index in [1.54, 1.807) is 6.07 Å². The standard InChI is InChI=1S/C15H21FN2O/c1-12-10-14(16)5-4-13(12)6-7-17-11-15(19)18-8-2-3-9-18/h4-5,10,17H,2-3,6-9,11H2,1H3. The Hall–Kier alpha value is -1.42. The summed E-state index contributed by atoms with van der Waals surface area (Å²) < 4.78 is 12.9. The molecule has 0 atom stereocenters. The molecule has 4 heteroatoms. The number of aryl methyl sites for hydroxylation is 1. The minimum Gasteiger partial charge on any atom is -0.342 e. The van der Waals surface area contributed by atoms with Crippen LogP contribution in [-0.2, 0) is 11.2 Å². The summed E-state index contributed by atoms with van der Waals surface area (Å²) in [6.45, 7) is 4.86. The van der Waals surface area contributed by atoms with Gasteiger partial charge in [0.15, 0.2) is 0 Å². The molecule has 0 spiro atoms. The monoisotopic (exact) mass is 264 g/mol. The molecule has 0 aliphatic carbocycles. The summed E-state index contributed by atoms with van der Waals surface area (Å²) in [5, 5.41) is 3.17. The number of hydrogen-bond acceptors (Lipinski definition) is 2. The van der Waals surface area contributed by atoms with Crippen LogP contribution in [-0.4, -0.2) is 37.0 Å². The molecule has 0 bridgehead atoms. The van der Waals surface area contributed by atoms with E-state index in [1.165, 1.54) is 6.07 Å². The van der Waals surface area contributed by atoms with Gasteiger partial charge in [-0.3, -0.25) is 4.79 Å². The zero-order chi connectivity index (χ0) is 13.7. The number of likely N-dealkylation sites (tertiary alicyclic amines) is 1. The van der Waals surface area contributed by atoms with Gasteiger partial charge in [0.05, 0.1) is 6.54 Å². The van der Waals surface area contributed by atoms with E-state index >= 15 is 0 Å². The van der Waals surface area contributed by atoms with Crippen LogP contribution >= 0.6 is 0 Å². The molecule has 0 saturated carbocycles. The van der Waals surface area contributed by atoms with Crippen LogP contribution in [0.4, 0.5) is 4.39 Å². The Balaban J connectivity index is 1.70. The molecule has 0 radical (unpaired) electrons. The van der Waals surface area contributed by atoms with Crippen molar-refractivity contribution in [2.75, 3.05) is 26.2 Å². The van der Waals surface area contributed by atoms with E-state index in [9.17, 15) is 9.18 Å². The number of carbonyl (C=O) groups excluding carboxylic acids is 1. The maximum absolute atomic E-state index is 12.9. The van der Waals surface area contributed by atoms with Crippen molar-refractivity contribution in [2.24, 2.45) is 0 Å². The summed E-state index contributed by atoms with van der Waals surface area (Å²) in [4.78, 5) is 13.7. The molecule has 1 aliphatic rings. The second kappa shape index (κ2) is 6.66. The lowest BCUT2D eigenvalue weighted by molar-refractivity contribution is -0.129. The highest BCUT2D eigenvalue weighted by molar-refractivity contribution is 5.78. The number of carbonyl (C=O) groups is 1. The van der Waals surface area contributed by atoms with Gasteiger partial charge >= 0.3 is 0 Å². The lowest BCUT2D eigenvalue weighted by Crippen LogP contribution is -2.36. The van der Waals surface area contributed by atoms with E-state index in [1.807, 2.05) is 17.9 Å². The molecule has 3 nitrogen and oxygen atoms in total. The molecule has 1 aliphatic heterocycles. The summed E-state index contributed by atoms with van der Waals surface area (Å²) in [6, 6.07) is 4.84. The molecule has 1 aromatic carbocycles. The number of rotatable bonds is 5. The Bertz CT molecular complexity index is 442.